The zero-order chi connectivity index (χ0) is 23.6. The molecule has 0 amide bonds. The van der Waals surface area contributed by atoms with Gasteiger partial charge < -0.3 is 4.74 Å². The zero-order valence-corrected chi connectivity index (χ0v) is 19.7. The third-order valence-corrected chi connectivity index (χ3v) is 7.46. The van der Waals surface area contributed by atoms with Crippen LogP contribution in [-0.2, 0) is 20.0 Å². The first-order valence-corrected chi connectivity index (χ1v) is 13.4. The van der Waals surface area contributed by atoms with Crippen molar-refractivity contribution in [2.24, 2.45) is 5.10 Å². The van der Waals surface area contributed by atoms with E-state index in [4.69, 9.17) is 4.74 Å². The number of ether oxygens (including phenoxy) is 1. The van der Waals surface area contributed by atoms with Gasteiger partial charge in [-0.15, -0.1) is 0 Å². The Hall–Kier alpha value is -3.37. The Kier molecular flexibility index (Phi) is 6.13. The van der Waals surface area contributed by atoms with E-state index in [1.54, 1.807) is 36.4 Å². The first-order chi connectivity index (χ1) is 15.7. The van der Waals surface area contributed by atoms with Crippen molar-refractivity contribution in [1.29, 1.82) is 0 Å². The Morgan fingerprint density at radius 1 is 0.939 bits per heavy atom. The van der Waals surface area contributed by atoms with E-state index in [2.05, 4.69) is 9.82 Å². The molecule has 8 nitrogen and oxygen atoms in total. The maximum absolute atomic E-state index is 13.5. The van der Waals surface area contributed by atoms with E-state index in [9.17, 15) is 16.8 Å². The molecule has 1 N–H and O–H groups in total. The van der Waals surface area contributed by atoms with Crippen LogP contribution in [0.3, 0.4) is 0 Å². The van der Waals surface area contributed by atoms with E-state index >= 15 is 0 Å². The first kappa shape index (κ1) is 22.8. The highest BCUT2D eigenvalue weighted by atomic mass is 32.2. The van der Waals surface area contributed by atoms with E-state index < -0.39 is 26.1 Å². The Morgan fingerprint density at radius 3 is 2.27 bits per heavy atom. The normalized spacial score (nSPS) is 16.4. The van der Waals surface area contributed by atoms with Crippen LogP contribution in [0.25, 0.3) is 0 Å². The van der Waals surface area contributed by atoms with Gasteiger partial charge >= 0.3 is 0 Å². The smallest absolute Gasteiger partial charge is 0.279 e. The highest BCUT2D eigenvalue weighted by Gasteiger charge is 2.37. The topological polar surface area (TPSA) is 105 Å². The number of rotatable bonds is 7. The lowest BCUT2D eigenvalue weighted by molar-refractivity contribution is 0.371. The van der Waals surface area contributed by atoms with Gasteiger partial charge in [-0.05, 0) is 47.5 Å². The van der Waals surface area contributed by atoms with Crippen LogP contribution in [0.15, 0.2) is 88.9 Å². The molecule has 1 aliphatic rings. The number of nitrogens with one attached hydrogen (secondary N) is 1. The first-order valence-electron chi connectivity index (χ1n) is 10.1. The minimum Gasteiger partial charge on any atom is -0.497 e. The molecule has 1 atom stereocenters. The van der Waals surface area contributed by atoms with Crippen molar-refractivity contribution in [3.63, 3.8) is 0 Å². The highest BCUT2D eigenvalue weighted by molar-refractivity contribution is 7.92. The molecule has 0 aliphatic carbocycles. The minimum atomic E-state index is -3.96. The lowest BCUT2D eigenvalue weighted by Gasteiger charge is -2.23. The number of sulfonamides is 2. The molecule has 3 aromatic carbocycles. The molecule has 0 bridgehead atoms. The molecule has 0 fully saturated rings. The molecule has 3 aromatic rings. The number of hydrazone groups is 1. The standard InChI is InChI=1S/C23H23N3O5S2/c1-31-20-11-13-21(14-12-20)33(29,30)26-23(17-7-4-3-5-8-17)16-22(24-26)18-9-6-10-19(15-18)25-32(2,27)28/h3-15,23,25H,16H2,1-2H3. The predicted octanol–water partition coefficient (Wildman–Crippen LogP) is 3.61. The molecule has 1 aliphatic heterocycles. The molecule has 0 saturated heterocycles. The van der Waals surface area contributed by atoms with Crippen LogP contribution in [0.1, 0.15) is 23.6 Å². The number of methoxy groups -OCH3 is 1. The maximum atomic E-state index is 13.5. The number of benzene rings is 3. The fourth-order valence-electron chi connectivity index (χ4n) is 3.64. The predicted molar refractivity (Wildman–Crippen MR) is 127 cm³/mol. The molecule has 0 saturated carbocycles. The number of hydrogen-bond donors (Lipinski definition) is 1. The van der Waals surface area contributed by atoms with E-state index in [1.807, 2.05) is 30.3 Å². The van der Waals surface area contributed by atoms with Gasteiger partial charge in [0.1, 0.15) is 5.75 Å². The van der Waals surface area contributed by atoms with E-state index in [0.717, 1.165) is 16.2 Å². The lowest BCUT2D eigenvalue weighted by atomic mass is 9.99. The maximum Gasteiger partial charge on any atom is 0.279 e. The van der Waals surface area contributed by atoms with Crippen LogP contribution in [0.2, 0.25) is 0 Å². The Morgan fingerprint density at radius 2 is 1.64 bits per heavy atom. The van der Waals surface area contributed by atoms with Gasteiger partial charge in [-0.3, -0.25) is 4.72 Å². The third-order valence-electron chi connectivity index (χ3n) is 5.16. The molecule has 4 rings (SSSR count). The number of nitrogens with zero attached hydrogens (tertiary/aromatic N) is 2. The fourth-order valence-corrected chi connectivity index (χ4v) is 5.63. The second kappa shape index (κ2) is 8.87. The molecule has 1 heterocycles. The monoisotopic (exact) mass is 485 g/mol. The van der Waals surface area contributed by atoms with Gasteiger partial charge in [-0.25, -0.2) is 8.42 Å². The molecule has 10 heteroatoms. The van der Waals surface area contributed by atoms with Crippen molar-refractivity contribution in [1.82, 2.24) is 4.41 Å². The van der Waals surface area contributed by atoms with Crippen molar-refractivity contribution < 1.29 is 21.6 Å². The summed E-state index contributed by atoms with van der Waals surface area (Å²) in [5.74, 6) is 0.550. The van der Waals surface area contributed by atoms with E-state index in [0.29, 0.717) is 29.1 Å². The summed E-state index contributed by atoms with van der Waals surface area (Å²) < 4.78 is 59.0. The van der Waals surface area contributed by atoms with Crippen molar-refractivity contribution in [3.8, 4) is 5.75 Å². The molecule has 1 unspecified atom stereocenters. The van der Waals surface area contributed by atoms with Crippen LogP contribution in [-0.4, -0.2) is 40.3 Å². The zero-order valence-electron chi connectivity index (χ0n) is 18.0. The molecule has 172 valence electrons. The quantitative estimate of drug-likeness (QED) is 0.550. The summed E-state index contributed by atoms with van der Waals surface area (Å²) >= 11 is 0. The van der Waals surface area contributed by atoms with Gasteiger partial charge in [-0.1, -0.05) is 42.5 Å². The van der Waals surface area contributed by atoms with Crippen LogP contribution in [0.4, 0.5) is 5.69 Å². The SMILES string of the molecule is COc1ccc(S(=O)(=O)N2N=C(c3cccc(NS(C)(=O)=O)c3)CC2c2ccccc2)cc1. The molecule has 0 spiro atoms. The number of hydrogen-bond acceptors (Lipinski definition) is 6. The average molecular weight is 486 g/mol. The van der Waals surface area contributed by atoms with Crippen molar-refractivity contribution >= 4 is 31.4 Å². The summed E-state index contributed by atoms with van der Waals surface area (Å²) in [5, 5.41) is 4.50. The third kappa shape index (κ3) is 5.01. The Bertz CT molecular complexity index is 1390. The lowest BCUT2D eigenvalue weighted by Crippen LogP contribution is -2.27. The number of anilines is 1. The van der Waals surface area contributed by atoms with Crippen molar-refractivity contribution in [2.45, 2.75) is 17.4 Å². The van der Waals surface area contributed by atoms with E-state index in [-0.39, 0.29) is 4.90 Å². The van der Waals surface area contributed by atoms with Gasteiger partial charge in [0.25, 0.3) is 10.0 Å². The highest BCUT2D eigenvalue weighted by Crippen LogP contribution is 2.37. The average Bonchev–Trinajstić information content (AvgIpc) is 3.25. The summed E-state index contributed by atoms with van der Waals surface area (Å²) in [6, 6.07) is 21.6. The summed E-state index contributed by atoms with van der Waals surface area (Å²) in [5.41, 5.74) is 2.36. The second-order valence-electron chi connectivity index (χ2n) is 7.59. The molecule has 0 aromatic heterocycles. The van der Waals surface area contributed by atoms with Crippen molar-refractivity contribution in [3.05, 3.63) is 90.0 Å². The Balaban J connectivity index is 1.76. The van der Waals surface area contributed by atoms with Crippen LogP contribution in [0.5, 0.6) is 5.75 Å². The summed E-state index contributed by atoms with van der Waals surface area (Å²) in [7, 11) is -5.90. The van der Waals surface area contributed by atoms with Crippen molar-refractivity contribution in [2.75, 3.05) is 18.1 Å². The van der Waals surface area contributed by atoms with Crippen LogP contribution >= 0.6 is 0 Å². The van der Waals surface area contributed by atoms with Gasteiger partial charge in [0.05, 0.1) is 30.0 Å². The van der Waals surface area contributed by atoms with Gasteiger partial charge in [0.15, 0.2) is 0 Å². The summed E-state index contributed by atoms with van der Waals surface area (Å²) in [6.45, 7) is 0. The minimum absolute atomic E-state index is 0.0988. The van der Waals surface area contributed by atoms with Gasteiger partial charge in [0.2, 0.25) is 10.0 Å². The molecule has 0 radical (unpaired) electrons. The molecular weight excluding hydrogens is 462 g/mol. The molecule has 33 heavy (non-hydrogen) atoms. The van der Waals surface area contributed by atoms with Gasteiger partial charge in [-0.2, -0.15) is 17.9 Å². The van der Waals surface area contributed by atoms with E-state index in [1.165, 1.54) is 19.2 Å². The second-order valence-corrected chi connectivity index (χ2v) is 11.1. The van der Waals surface area contributed by atoms with Crippen LogP contribution in [0, 0.1) is 0 Å². The molecular formula is C23H23N3O5S2. The summed E-state index contributed by atoms with van der Waals surface area (Å²) in [6.07, 6.45) is 1.41. The Labute approximate surface area is 193 Å². The fraction of sp³-hybridized carbons (Fsp3) is 0.174. The summed E-state index contributed by atoms with van der Waals surface area (Å²) in [4.78, 5) is 0.0988. The van der Waals surface area contributed by atoms with Crippen LogP contribution < -0.4 is 9.46 Å². The largest absolute Gasteiger partial charge is 0.497 e. The van der Waals surface area contributed by atoms with Gasteiger partial charge in [0, 0.05) is 12.1 Å².